The zero-order chi connectivity index (χ0) is 12.3. The Labute approximate surface area is 104 Å². The summed E-state index contributed by atoms with van der Waals surface area (Å²) in [6.07, 6.45) is 6.02. The fourth-order valence-corrected chi connectivity index (χ4v) is 2.60. The summed E-state index contributed by atoms with van der Waals surface area (Å²) in [4.78, 5) is 0. The fourth-order valence-electron chi connectivity index (χ4n) is 2.60. The van der Waals surface area contributed by atoms with Crippen LogP contribution in [0.5, 0.6) is 5.75 Å². The lowest BCUT2D eigenvalue weighted by molar-refractivity contribution is 0.209. The molecule has 0 radical (unpaired) electrons. The second-order valence-electron chi connectivity index (χ2n) is 5.08. The van der Waals surface area contributed by atoms with Crippen molar-refractivity contribution in [1.82, 2.24) is 0 Å². The molecule has 0 aromatic heterocycles. The van der Waals surface area contributed by atoms with E-state index in [-0.39, 0.29) is 6.04 Å². The van der Waals surface area contributed by atoms with Crippen LogP contribution in [-0.4, -0.2) is 6.10 Å². The first-order chi connectivity index (χ1) is 8.20. The van der Waals surface area contributed by atoms with Gasteiger partial charge in [-0.25, -0.2) is 0 Å². The molecular weight excluding hydrogens is 210 g/mol. The van der Waals surface area contributed by atoms with Crippen LogP contribution in [-0.2, 0) is 6.42 Å². The van der Waals surface area contributed by atoms with Crippen molar-refractivity contribution in [3.05, 3.63) is 29.3 Å². The Balaban J connectivity index is 2.10. The molecule has 2 heteroatoms. The molecule has 0 aliphatic heterocycles. The first-order valence-electron chi connectivity index (χ1n) is 6.75. The third kappa shape index (κ3) is 3.01. The van der Waals surface area contributed by atoms with E-state index >= 15 is 0 Å². The minimum absolute atomic E-state index is 0.223. The van der Waals surface area contributed by atoms with Gasteiger partial charge in [0.15, 0.2) is 0 Å². The number of ether oxygens (including phenoxy) is 1. The summed E-state index contributed by atoms with van der Waals surface area (Å²) in [5, 5.41) is 0. The number of aryl methyl sites for hydroxylation is 1. The predicted octanol–water partition coefficient (Wildman–Crippen LogP) is 3.59. The molecule has 94 valence electrons. The molecule has 1 aromatic rings. The van der Waals surface area contributed by atoms with Gasteiger partial charge >= 0.3 is 0 Å². The maximum atomic E-state index is 6.10. The molecule has 17 heavy (non-hydrogen) atoms. The molecular formula is C15H23NO. The smallest absolute Gasteiger partial charge is 0.119 e. The Morgan fingerprint density at radius 2 is 2.29 bits per heavy atom. The molecule has 2 nitrogen and oxygen atoms in total. The van der Waals surface area contributed by atoms with Crippen LogP contribution in [0.3, 0.4) is 0 Å². The summed E-state index contributed by atoms with van der Waals surface area (Å²) < 4.78 is 5.92. The van der Waals surface area contributed by atoms with Crippen molar-refractivity contribution in [3.63, 3.8) is 0 Å². The van der Waals surface area contributed by atoms with Gasteiger partial charge < -0.3 is 10.5 Å². The van der Waals surface area contributed by atoms with Gasteiger partial charge in [-0.05, 0) is 55.9 Å². The molecule has 0 spiro atoms. The highest BCUT2D eigenvalue weighted by Crippen LogP contribution is 2.31. The van der Waals surface area contributed by atoms with Crippen molar-refractivity contribution in [2.75, 3.05) is 0 Å². The van der Waals surface area contributed by atoms with Crippen LogP contribution >= 0.6 is 0 Å². The Bertz CT molecular complexity index is 375. The molecule has 2 unspecified atom stereocenters. The second-order valence-corrected chi connectivity index (χ2v) is 5.08. The van der Waals surface area contributed by atoms with Gasteiger partial charge in [-0.3, -0.25) is 0 Å². The molecule has 1 aliphatic carbocycles. The zero-order valence-corrected chi connectivity index (χ0v) is 10.9. The number of benzene rings is 1. The van der Waals surface area contributed by atoms with Crippen LogP contribution in [0, 0.1) is 0 Å². The normalized spacial score (nSPS) is 20.8. The van der Waals surface area contributed by atoms with E-state index in [1.807, 2.05) is 0 Å². The van der Waals surface area contributed by atoms with Gasteiger partial charge in [-0.1, -0.05) is 19.4 Å². The Morgan fingerprint density at radius 3 is 3.06 bits per heavy atom. The van der Waals surface area contributed by atoms with Crippen molar-refractivity contribution in [2.45, 2.75) is 58.1 Å². The van der Waals surface area contributed by atoms with Gasteiger partial charge in [-0.2, -0.15) is 0 Å². The number of nitrogens with two attached hydrogens (primary N) is 1. The van der Waals surface area contributed by atoms with E-state index in [1.54, 1.807) is 0 Å². The summed E-state index contributed by atoms with van der Waals surface area (Å²) in [6, 6.07) is 6.62. The summed E-state index contributed by atoms with van der Waals surface area (Å²) in [5.41, 5.74) is 8.80. The highest BCUT2D eigenvalue weighted by Gasteiger charge is 2.17. The number of rotatable bonds is 4. The third-order valence-electron chi connectivity index (χ3n) is 3.51. The lowest BCUT2D eigenvalue weighted by Gasteiger charge is -2.23. The van der Waals surface area contributed by atoms with Crippen molar-refractivity contribution in [3.8, 4) is 5.75 Å². The highest BCUT2D eigenvalue weighted by molar-refractivity contribution is 5.38. The van der Waals surface area contributed by atoms with Crippen molar-refractivity contribution < 1.29 is 4.74 Å². The van der Waals surface area contributed by atoms with Crippen molar-refractivity contribution in [1.29, 1.82) is 0 Å². The Hall–Kier alpha value is -1.02. The van der Waals surface area contributed by atoms with E-state index in [2.05, 4.69) is 32.0 Å². The molecule has 2 N–H and O–H groups in total. The van der Waals surface area contributed by atoms with Gasteiger partial charge in [0.2, 0.25) is 0 Å². The van der Waals surface area contributed by atoms with E-state index in [0.717, 1.165) is 31.4 Å². The van der Waals surface area contributed by atoms with Gasteiger partial charge in [0, 0.05) is 6.04 Å². The van der Waals surface area contributed by atoms with Crippen LogP contribution in [0.2, 0.25) is 0 Å². The Kier molecular flexibility index (Phi) is 4.06. The van der Waals surface area contributed by atoms with Crippen LogP contribution in [0.25, 0.3) is 0 Å². The van der Waals surface area contributed by atoms with Gasteiger partial charge in [0.1, 0.15) is 5.75 Å². The van der Waals surface area contributed by atoms with Crippen LogP contribution in [0.1, 0.15) is 56.7 Å². The second kappa shape index (κ2) is 5.54. The summed E-state index contributed by atoms with van der Waals surface area (Å²) in [5.74, 6) is 0.999. The van der Waals surface area contributed by atoms with E-state index < -0.39 is 0 Å². The third-order valence-corrected chi connectivity index (χ3v) is 3.51. The molecule has 2 atom stereocenters. The summed E-state index contributed by atoms with van der Waals surface area (Å²) in [7, 11) is 0. The highest BCUT2D eigenvalue weighted by atomic mass is 16.5. The van der Waals surface area contributed by atoms with Crippen molar-refractivity contribution in [2.24, 2.45) is 5.73 Å². The largest absolute Gasteiger partial charge is 0.491 e. The summed E-state index contributed by atoms with van der Waals surface area (Å²) >= 11 is 0. The first kappa shape index (κ1) is 12.4. The molecule has 0 amide bonds. The van der Waals surface area contributed by atoms with E-state index in [1.165, 1.54) is 17.5 Å². The molecule has 0 heterocycles. The van der Waals surface area contributed by atoms with Crippen molar-refractivity contribution >= 4 is 0 Å². The minimum Gasteiger partial charge on any atom is -0.491 e. The SMILES string of the molecule is CCCC(C)Oc1ccc2c(c1)CCCC2N. The molecule has 0 saturated carbocycles. The zero-order valence-electron chi connectivity index (χ0n) is 10.9. The van der Waals surface area contributed by atoms with E-state index in [4.69, 9.17) is 10.5 Å². The lowest BCUT2D eigenvalue weighted by Crippen LogP contribution is -2.18. The minimum atomic E-state index is 0.223. The molecule has 0 fully saturated rings. The van der Waals surface area contributed by atoms with Crippen LogP contribution in [0.15, 0.2) is 18.2 Å². The van der Waals surface area contributed by atoms with Crippen LogP contribution in [0.4, 0.5) is 0 Å². The average molecular weight is 233 g/mol. The average Bonchev–Trinajstić information content (AvgIpc) is 2.29. The maximum absolute atomic E-state index is 6.10. The lowest BCUT2D eigenvalue weighted by atomic mass is 9.88. The predicted molar refractivity (Wildman–Crippen MR) is 71.3 cm³/mol. The fraction of sp³-hybridized carbons (Fsp3) is 0.600. The van der Waals surface area contributed by atoms with E-state index in [9.17, 15) is 0 Å². The van der Waals surface area contributed by atoms with Crippen LogP contribution < -0.4 is 10.5 Å². The molecule has 2 rings (SSSR count). The topological polar surface area (TPSA) is 35.2 Å². The number of hydrogen-bond donors (Lipinski definition) is 1. The van der Waals surface area contributed by atoms with Gasteiger partial charge in [0.05, 0.1) is 6.10 Å². The maximum Gasteiger partial charge on any atom is 0.119 e. The monoisotopic (exact) mass is 233 g/mol. The number of hydrogen-bond acceptors (Lipinski definition) is 2. The standard InChI is InChI=1S/C15H23NO/c1-3-5-11(2)17-13-8-9-14-12(10-13)6-4-7-15(14)16/h8-11,15H,3-7,16H2,1-2H3. The Morgan fingerprint density at radius 1 is 1.47 bits per heavy atom. The first-order valence-corrected chi connectivity index (χ1v) is 6.75. The molecule has 1 aromatic carbocycles. The molecule has 0 saturated heterocycles. The van der Waals surface area contributed by atoms with E-state index in [0.29, 0.717) is 6.10 Å². The molecule has 1 aliphatic rings. The molecule has 0 bridgehead atoms. The summed E-state index contributed by atoms with van der Waals surface area (Å²) in [6.45, 7) is 4.32. The van der Waals surface area contributed by atoms with Gasteiger partial charge in [-0.15, -0.1) is 0 Å². The van der Waals surface area contributed by atoms with Gasteiger partial charge in [0.25, 0.3) is 0 Å². The number of fused-ring (bicyclic) bond motifs is 1. The quantitative estimate of drug-likeness (QED) is 0.862.